The summed E-state index contributed by atoms with van der Waals surface area (Å²) in [5, 5.41) is 3.59. The van der Waals surface area contributed by atoms with Crippen molar-refractivity contribution in [1.29, 1.82) is 0 Å². The fraction of sp³-hybridized carbons (Fsp3) is 0.700. The Labute approximate surface area is 131 Å². The van der Waals surface area contributed by atoms with Gasteiger partial charge in [-0.3, -0.25) is 0 Å². The van der Waals surface area contributed by atoms with E-state index in [9.17, 15) is 0 Å². The monoisotopic (exact) mass is 287 g/mol. The molecule has 0 aromatic heterocycles. The fourth-order valence-corrected chi connectivity index (χ4v) is 4.20. The van der Waals surface area contributed by atoms with Crippen LogP contribution in [0.15, 0.2) is 12.1 Å². The minimum absolute atomic E-state index is 0.855. The Morgan fingerprint density at radius 3 is 2.33 bits per heavy atom. The van der Waals surface area contributed by atoms with Crippen LogP contribution < -0.4 is 5.32 Å². The zero-order chi connectivity index (χ0) is 15.4. The Bertz CT molecular complexity index is 438. The van der Waals surface area contributed by atoms with Crippen molar-refractivity contribution in [2.24, 2.45) is 17.8 Å². The summed E-state index contributed by atoms with van der Waals surface area (Å²) in [6.45, 7) is 13.8. The molecule has 0 aliphatic heterocycles. The lowest BCUT2D eigenvalue weighted by Crippen LogP contribution is -2.34. The lowest BCUT2D eigenvalue weighted by molar-refractivity contribution is 0.184. The molecule has 1 nitrogen and oxygen atoms in total. The number of hydrogen-bond acceptors (Lipinski definition) is 1. The molecule has 1 fully saturated rings. The topological polar surface area (TPSA) is 12.0 Å². The van der Waals surface area contributed by atoms with Crippen molar-refractivity contribution in [3.05, 3.63) is 34.4 Å². The van der Waals surface area contributed by atoms with Crippen LogP contribution in [0.5, 0.6) is 0 Å². The van der Waals surface area contributed by atoms with E-state index >= 15 is 0 Å². The molecule has 1 aromatic rings. The lowest BCUT2D eigenvalue weighted by Gasteiger charge is -2.36. The average Bonchev–Trinajstić information content (AvgIpc) is 2.42. The molecule has 0 spiro atoms. The predicted octanol–water partition coefficient (Wildman–Crippen LogP) is 4.82. The van der Waals surface area contributed by atoms with E-state index in [1.54, 1.807) is 5.56 Å². The van der Waals surface area contributed by atoms with E-state index in [0.29, 0.717) is 0 Å². The highest BCUT2D eigenvalue weighted by Gasteiger charge is 2.29. The van der Waals surface area contributed by atoms with Gasteiger partial charge in [0.15, 0.2) is 0 Å². The molecule has 1 aliphatic carbocycles. The molecule has 0 saturated heterocycles. The van der Waals surface area contributed by atoms with Gasteiger partial charge >= 0.3 is 0 Å². The summed E-state index contributed by atoms with van der Waals surface area (Å²) in [4.78, 5) is 0. The van der Waals surface area contributed by atoms with Crippen LogP contribution in [0.2, 0.25) is 0 Å². The van der Waals surface area contributed by atoms with E-state index in [2.05, 4.69) is 52.1 Å². The Balaban J connectivity index is 2.14. The molecule has 0 heterocycles. The van der Waals surface area contributed by atoms with E-state index < -0.39 is 0 Å². The SMILES string of the molecule is CCNCC1CCC(C)CC1Cc1c(C)cc(C)cc1C. The highest BCUT2D eigenvalue weighted by molar-refractivity contribution is 5.37. The minimum atomic E-state index is 0.855. The van der Waals surface area contributed by atoms with Gasteiger partial charge in [0, 0.05) is 0 Å². The third kappa shape index (κ3) is 4.32. The summed E-state index contributed by atoms with van der Waals surface area (Å²) >= 11 is 0. The molecule has 0 radical (unpaired) electrons. The first kappa shape index (κ1) is 16.5. The number of rotatable bonds is 5. The second-order valence-electron chi connectivity index (χ2n) is 7.33. The van der Waals surface area contributed by atoms with Gasteiger partial charge in [0.1, 0.15) is 0 Å². The van der Waals surface area contributed by atoms with Gasteiger partial charge in [0.05, 0.1) is 0 Å². The van der Waals surface area contributed by atoms with Gasteiger partial charge in [-0.15, -0.1) is 0 Å². The molecular formula is C20H33N. The van der Waals surface area contributed by atoms with Crippen LogP contribution in [0, 0.1) is 38.5 Å². The van der Waals surface area contributed by atoms with Crippen LogP contribution >= 0.6 is 0 Å². The summed E-state index contributed by atoms with van der Waals surface area (Å²) in [5.74, 6) is 2.62. The van der Waals surface area contributed by atoms with Gasteiger partial charge in [-0.05, 0) is 87.6 Å². The molecule has 2 rings (SSSR count). The van der Waals surface area contributed by atoms with Crippen LogP contribution in [-0.4, -0.2) is 13.1 Å². The van der Waals surface area contributed by atoms with E-state index in [0.717, 1.165) is 24.3 Å². The van der Waals surface area contributed by atoms with Gasteiger partial charge in [-0.2, -0.15) is 0 Å². The summed E-state index contributed by atoms with van der Waals surface area (Å²) in [6.07, 6.45) is 5.50. The summed E-state index contributed by atoms with van der Waals surface area (Å²) in [5.41, 5.74) is 6.00. The van der Waals surface area contributed by atoms with Crippen molar-refractivity contribution >= 4 is 0 Å². The second kappa shape index (κ2) is 7.45. The number of hydrogen-bond donors (Lipinski definition) is 1. The predicted molar refractivity (Wildman–Crippen MR) is 92.9 cm³/mol. The molecule has 3 atom stereocenters. The standard InChI is InChI=1S/C20H33N/c1-6-21-13-18-8-7-14(2)11-19(18)12-20-16(4)9-15(3)10-17(20)5/h9-10,14,18-19,21H,6-8,11-13H2,1-5H3. The molecule has 1 aliphatic rings. The average molecular weight is 287 g/mol. The van der Waals surface area contributed by atoms with E-state index in [4.69, 9.17) is 0 Å². The zero-order valence-electron chi connectivity index (χ0n) is 14.6. The number of nitrogens with one attached hydrogen (secondary N) is 1. The minimum Gasteiger partial charge on any atom is -0.317 e. The van der Waals surface area contributed by atoms with Crippen LogP contribution in [0.3, 0.4) is 0 Å². The second-order valence-corrected chi connectivity index (χ2v) is 7.33. The maximum absolute atomic E-state index is 3.59. The van der Waals surface area contributed by atoms with E-state index in [1.807, 2.05) is 0 Å². The Morgan fingerprint density at radius 2 is 1.71 bits per heavy atom. The highest BCUT2D eigenvalue weighted by atomic mass is 14.8. The molecule has 3 unspecified atom stereocenters. The molecule has 1 aromatic carbocycles. The molecular weight excluding hydrogens is 254 g/mol. The largest absolute Gasteiger partial charge is 0.317 e. The van der Waals surface area contributed by atoms with Gasteiger partial charge in [0.25, 0.3) is 0 Å². The first-order valence-electron chi connectivity index (χ1n) is 8.78. The van der Waals surface area contributed by atoms with Crippen LogP contribution in [0.25, 0.3) is 0 Å². The maximum Gasteiger partial charge on any atom is -0.00179 e. The Hall–Kier alpha value is -0.820. The molecule has 1 saturated carbocycles. The molecule has 1 N–H and O–H groups in total. The van der Waals surface area contributed by atoms with Crippen LogP contribution in [0.4, 0.5) is 0 Å². The van der Waals surface area contributed by atoms with Crippen molar-refractivity contribution in [3.63, 3.8) is 0 Å². The Kier molecular flexibility index (Phi) is 5.87. The summed E-state index contributed by atoms with van der Waals surface area (Å²) in [6, 6.07) is 4.71. The fourth-order valence-electron chi connectivity index (χ4n) is 4.20. The number of benzene rings is 1. The Morgan fingerprint density at radius 1 is 1.05 bits per heavy atom. The first-order chi connectivity index (χ1) is 10.0. The maximum atomic E-state index is 3.59. The molecule has 0 bridgehead atoms. The normalized spacial score (nSPS) is 26.0. The molecule has 0 amide bonds. The van der Waals surface area contributed by atoms with Crippen LogP contribution in [0.1, 0.15) is 55.4 Å². The third-order valence-electron chi connectivity index (χ3n) is 5.37. The third-order valence-corrected chi connectivity index (χ3v) is 5.37. The molecule has 1 heteroatoms. The van der Waals surface area contributed by atoms with Crippen molar-refractivity contribution in [1.82, 2.24) is 5.32 Å². The smallest absolute Gasteiger partial charge is 0.00179 e. The van der Waals surface area contributed by atoms with Gasteiger partial charge in [0.2, 0.25) is 0 Å². The zero-order valence-corrected chi connectivity index (χ0v) is 14.6. The van der Waals surface area contributed by atoms with Crippen molar-refractivity contribution in [2.75, 3.05) is 13.1 Å². The van der Waals surface area contributed by atoms with E-state index in [1.165, 1.54) is 48.9 Å². The van der Waals surface area contributed by atoms with Crippen molar-refractivity contribution in [2.45, 2.75) is 60.3 Å². The lowest BCUT2D eigenvalue weighted by atomic mass is 9.71. The number of aryl methyl sites for hydroxylation is 3. The van der Waals surface area contributed by atoms with Gasteiger partial charge < -0.3 is 5.32 Å². The quantitative estimate of drug-likeness (QED) is 0.819. The van der Waals surface area contributed by atoms with Crippen LogP contribution in [-0.2, 0) is 6.42 Å². The molecule has 118 valence electrons. The highest BCUT2D eigenvalue weighted by Crippen LogP contribution is 2.36. The van der Waals surface area contributed by atoms with Gasteiger partial charge in [-0.25, -0.2) is 0 Å². The summed E-state index contributed by atoms with van der Waals surface area (Å²) < 4.78 is 0. The first-order valence-corrected chi connectivity index (χ1v) is 8.78. The van der Waals surface area contributed by atoms with Crippen molar-refractivity contribution in [3.8, 4) is 0 Å². The molecule has 21 heavy (non-hydrogen) atoms. The summed E-state index contributed by atoms with van der Waals surface area (Å²) in [7, 11) is 0. The van der Waals surface area contributed by atoms with Crippen molar-refractivity contribution < 1.29 is 0 Å². The van der Waals surface area contributed by atoms with Gasteiger partial charge in [-0.1, -0.05) is 38.0 Å². The van der Waals surface area contributed by atoms with E-state index in [-0.39, 0.29) is 0 Å².